The van der Waals surface area contributed by atoms with Gasteiger partial charge in [0.2, 0.25) is 0 Å². The van der Waals surface area contributed by atoms with Crippen LogP contribution in [-0.2, 0) is 4.79 Å². The summed E-state index contributed by atoms with van der Waals surface area (Å²) in [5.41, 5.74) is 0.792. The van der Waals surface area contributed by atoms with E-state index in [0.29, 0.717) is 34.5 Å². The second kappa shape index (κ2) is 7.93. The van der Waals surface area contributed by atoms with Crippen molar-refractivity contribution in [2.45, 2.75) is 25.6 Å². The van der Waals surface area contributed by atoms with Crippen molar-refractivity contribution in [1.29, 1.82) is 0 Å². The zero-order valence-corrected chi connectivity index (χ0v) is 15.5. The van der Waals surface area contributed by atoms with Crippen LogP contribution in [0, 0.1) is 0 Å². The molecule has 3 aromatic rings. The number of nitrogens with zero attached hydrogens (tertiary/aromatic N) is 3. The molecule has 2 N–H and O–H groups in total. The van der Waals surface area contributed by atoms with Crippen LogP contribution >= 0.6 is 0 Å². The molecule has 0 saturated heterocycles. The lowest BCUT2D eigenvalue weighted by Gasteiger charge is -2.17. The van der Waals surface area contributed by atoms with Gasteiger partial charge in [-0.1, -0.05) is 19.1 Å². The number of alkyl halides is 3. The van der Waals surface area contributed by atoms with E-state index in [2.05, 4.69) is 15.3 Å². The zero-order valence-electron chi connectivity index (χ0n) is 15.5. The quantitative estimate of drug-likeness (QED) is 0.626. The molecule has 0 radical (unpaired) electrons. The van der Waals surface area contributed by atoms with E-state index in [1.54, 1.807) is 36.5 Å². The number of rotatable bonds is 1. The van der Waals surface area contributed by atoms with Gasteiger partial charge in [0, 0.05) is 6.20 Å². The van der Waals surface area contributed by atoms with Crippen molar-refractivity contribution < 1.29 is 27.9 Å². The smallest absolute Gasteiger partial charge is 0.475 e. The van der Waals surface area contributed by atoms with Crippen molar-refractivity contribution in [1.82, 2.24) is 19.9 Å². The highest BCUT2D eigenvalue weighted by Gasteiger charge is 2.38. The second-order valence-corrected chi connectivity index (χ2v) is 6.24. The van der Waals surface area contributed by atoms with Gasteiger partial charge < -0.3 is 10.4 Å². The van der Waals surface area contributed by atoms with Gasteiger partial charge >= 0.3 is 12.1 Å². The molecule has 1 atom stereocenters. The number of hydrogen-bond donors (Lipinski definition) is 2. The maximum atomic E-state index is 13.0. The Morgan fingerprint density at radius 3 is 2.50 bits per heavy atom. The first-order valence-corrected chi connectivity index (χ1v) is 8.73. The normalized spacial score (nSPS) is 15.2. The van der Waals surface area contributed by atoms with Crippen molar-refractivity contribution in [3.8, 4) is 5.82 Å². The maximum absolute atomic E-state index is 13.0. The fourth-order valence-corrected chi connectivity index (χ4v) is 2.93. The SMILES string of the molecule is CCC1NC(=O)c2cccnc2-n2c1nc1ccccc1c2=O.O=C(O)C(F)(F)F. The molecule has 0 fully saturated rings. The first-order chi connectivity index (χ1) is 14.1. The maximum Gasteiger partial charge on any atom is 0.490 e. The van der Waals surface area contributed by atoms with Crippen LogP contribution in [0.15, 0.2) is 47.4 Å². The monoisotopic (exact) mass is 420 g/mol. The van der Waals surface area contributed by atoms with E-state index in [1.165, 1.54) is 4.57 Å². The Hall–Kier alpha value is -3.76. The average Bonchev–Trinajstić information content (AvgIpc) is 2.83. The van der Waals surface area contributed by atoms with Gasteiger partial charge in [0.25, 0.3) is 11.5 Å². The summed E-state index contributed by atoms with van der Waals surface area (Å²) < 4.78 is 33.2. The third kappa shape index (κ3) is 3.86. The molecule has 0 bridgehead atoms. The predicted octanol–water partition coefficient (Wildman–Crippen LogP) is 2.61. The van der Waals surface area contributed by atoms with Crippen molar-refractivity contribution in [3.05, 3.63) is 64.3 Å². The van der Waals surface area contributed by atoms with Crippen molar-refractivity contribution >= 4 is 22.8 Å². The Balaban J connectivity index is 0.000000318. The van der Waals surface area contributed by atoms with E-state index in [4.69, 9.17) is 9.90 Å². The summed E-state index contributed by atoms with van der Waals surface area (Å²) in [4.78, 5) is 43.3. The molecule has 1 aromatic carbocycles. The third-order valence-corrected chi connectivity index (χ3v) is 4.31. The number of pyridine rings is 1. The minimum Gasteiger partial charge on any atom is -0.475 e. The number of carbonyl (C=O) groups excluding carboxylic acids is 1. The van der Waals surface area contributed by atoms with Gasteiger partial charge in [0.05, 0.1) is 22.5 Å². The van der Waals surface area contributed by atoms with Crippen LogP contribution in [0.2, 0.25) is 0 Å². The number of para-hydroxylation sites is 1. The molecule has 3 heterocycles. The number of carbonyl (C=O) groups is 2. The molecule has 0 spiro atoms. The summed E-state index contributed by atoms with van der Waals surface area (Å²) in [5.74, 6) is -2.15. The number of hydrogen-bond acceptors (Lipinski definition) is 5. The fourth-order valence-electron chi connectivity index (χ4n) is 2.93. The summed E-state index contributed by atoms with van der Waals surface area (Å²) >= 11 is 0. The average molecular weight is 420 g/mol. The van der Waals surface area contributed by atoms with E-state index in [-0.39, 0.29) is 17.5 Å². The van der Waals surface area contributed by atoms with Crippen LogP contribution in [0.25, 0.3) is 16.7 Å². The van der Waals surface area contributed by atoms with Gasteiger partial charge in [-0.3, -0.25) is 9.59 Å². The molecule has 156 valence electrons. The highest BCUT2D eigenvalue weighted by molar-refractivity contribution is 5.98. The first-order valence-electron chi connectivity index (χ1n) is 8.73. The standard InChI is InChI=1S/C17H14N4O2.C2HF3O2/c1-2-12-15-19-13-8-4-3-6-10(13)17(23)21(15)14-11(16(22)20-12)7-5-9-18-14;3-2(4,5)1(6)7/h3-9,12H,2H2,1H3,(H,20,22);(H,6,7). The van der Waals surface area contributed by atoms with E-state index in [1.807, 2.05) is 13.0 Å². The van der Waals surface area contributed by atoms with Gasteiger partial charge in [0.15, 0.2) is 5.82 Å². The highest BCUT2D eigenvalue weighted by atomic mass is 19.4. The molecular formula is C19H15F3N4O4. The van der Waals surface area contributed by atoms with Crippen molar-refractivity contribution in [3.63, 3.8) is 0 Å². The van der Waals surface area contributed by atoms with Gasteiger partial charge in [0.1, 0.15) is 5.82 Å². The number of fused-ring (bicyclic) bond motifs is 4. The van der Waals surface area contributed by atoms with Crippen molar-refractivity contribution in [2.75, 3.05) is 0 Å². The molecule has 1 unspecified atom stereocenters. The number of nitrogens with one attached hydrogen (secondary N) is 1. The lowest BCUT2D eigenvalue weighted by atomic mass is 10.2. The Kier molecular flexibility index (Phi) is 5.54. The Bertz CT molecular complexity index is 1190. The van der Waals surface area contributed by atoms with E-state index < -0.39 is 12.1 Å². The lowest BCUT2D eigenvalue weighted by Crippen LogP contribution is -2.30. The van der Waals surface area contributed by atoms with Gasteiger partial charge in [-0.05, 0) is 30.7 Å². The Morgan fingerprint density at radius 1 is 1.20 bits per heavy atom. The number of benzene rings is 1. The minimum atomic E-state index is -5.08. The summed E-state index contributed by atoms with van der Waals surface area (Å²) in [7, 11) is 0. The molecule has 1 aliphatic rings. The number of amides is 1. The van der Waals surface area contributed by atoms with E-state index in [0.717, 1.165) is 0 Å². The van der Waals surface area contributed by atoms with E-state index in [9.17, 15) is 22.8 Å². The third-order valence-electron chi connectivity index (χ3n) is 4.31. The summed E-state index contributed by atoms with van der Waals surface area (Å²) in [6, 6.07) is 10.2. The van der Waals surface area contributed by atoms with Crippen LogP contribution in [-0.4, -0.2) is 37.7 Å². The molecule has 30 heavy (non-hydrogen) atoms. The molecular weight excluding hydrogens is 405 g/mol. The Morgan fingerprint density at radius 2 is 1.87 bits per heavy atom. The van der Waals surface area contributed by atoms with Crippen LogP contribution in [0.4, 0.5) is 13.2 Å². The highest BCUT2D eigenvalue weighted by Crippen LogP contribution is 2.24. The van der Waals surface area contributed by atoms with Crippen molar-refractivity contribution in [2.24, 2.45) is 0 Å². The number of aliphatic carboxylic acids is 1. The number of aromatic nitrogens is 3. The lowest BCUT2D eigenvalue weighted by molar-refractivity contribution is -0.192. The molecule has 4 rings (SSSR count). The van der Waals surface area contributed by atoms with Crippen LogP contribution in [0.3, 0.4) is 0 Å². The summed E-state index contributed by atoms with van der Waals surface area (Å²) in [5, 5.41) is 10.6. The van der Waals surface area contributed by atoms with Gasteiger partial charge in [-0.2, -0.15) is 13.2 Å². The summed E-state index contributed by atoms with van der Waals surface area (Å²) in [6.45, 7) is 1.94. The van der Waals surface area contributed by atoms with Crippen LogP contribution < -0.4 is 10.9 Å². The minimum absolute atomic E-state index is 0.208. The van der Waals surface area contributed by atoms with E-state index >= 15 is 0 Å². The second-order valence-electron chi connectivity index (χ2n) is 6.24. The predicted molar refractivity (Wildman–Crippen MR) is 99.3 cm³/mol. The fraction of sp³-hybridized carbons (Fsp3) is 0.211. The molecule has 0 saturated carbocycles. The Labute approximate surface area is 167 Å². The number of halogens is 3. The largest absolute Gasteiger partial charge is 0.490 e. The molecule has 2 aromatic heterocycles. The number of carboxylic acids is 1. The zero-order chi connectivity index (χ0) is 22.1. The molecule has 8 nitrogen and oxygen atoms in total. The molecule has 0 aliphatic carbocycles. The molecule has 1 amide bonds. The van der Waals surface area contributed by atoms with Crippen LogP contribution in [0.1, 0.15) is 35.6 Å². The first kappa shape index (κ1) is 21.0. The summed E-state index contributed by atoms with van der Waals surface area (Å²) in [6.07, 6.45) is -2.88. The van der Waals surface area contributed by atoms with Crippen LogP contribution in [0.5, 0.6) is 0 Å². The van der Waals surface area contributed by atoms with Gasteiger partial charge in [-0.25, -0.2) is 19.3 Å². The molecule has 11 heteroatoms. The van der Waals surface area contributed by atoms with Gasteiger partial charge in [-0.15, -0.1) is 0 Å². The number of carboxylic acid groups (broad SMARTS) is 1. The topological polar surface area (TPSA) is 114 Å². The molecule has 1 aliphatic heterocycles.